The molecule has 0 bridgehead atoms. The number of hydrogen-bond acceptors (Lipinski definition) is 3. The van der Waals surface area contributed by atoms with Crippen molar-refractivity contribution < 1.29 is 14.8 Å². The molecule has 0 saturated heterocycles. The molecule has 0 amide bonds. The van der Waals surface area contributed by atoms with Crippen LogP contribution < -0.4 is 0 Å². The predicted octanol–water partition coefficient (Wildman–Crippen LogP) is 3.76. The molecule has 5 heteroatoms. The van der Waals surface area contributed by atoms with Crippen LogP contribution in [0.2, 0.25) is 0 Å². The molecule has 5 nitrogen and oxygen atoms in total. The van der Waals surface area contributed by atoms with Crippen molar-refractivity contribution in [2.45, 2.75) is 56.8 Å². The largest absolute Gasteiger partial charge is 0.481 e. The fourth-order valence-corrected chi connectivity index (χ4v) is 3.82. The third-order valence-corrected chi connectivity index (χ3v) is 4.91. The maximum atomic E-state index is 11.4. The zero-order chi connectivity index (χ0) is 15.0. The smallest absolute Gasteiger partial charge is 0.310 e. The topological polar surface area (TPSA) is 80.4 Å². The molecule has 1 aromatic rings. The highest BCUT2D eigenvalue weighted by molar-refractivity contribution is 5.78. The lowest BCUT2D eigenvalue weighted by molar-refractivity contribution is -0.385. The number of carboxylic acids is 1. The summed E-state index contributed by atoms with van der Waals surface area (Å²) < 4.78 is 0. The fraction of sp³-hybridized carbons (Fsp3) is 0.562. The monoisotopic (exact) mass is 289 g/mol. The SMILES string of the molecule is O=C(O)C1CCc2cc(C3CCCCC3)c([N+](=O)[O-])cc21. The van der Waals surface area contributed by atoms with Gasteiger partial charge >= 0.3 is 5.97 Å². The molecule has 1 fully saturated rings. The van der Waals surface area contributed by atoms with Crippen LogP contribution in [0, 0.1) is 10.1 Å². The zero-order valence-electron chi connectivity index (χ0n) is 11.9. The van der Waals surface area contributed by atoms with Gasteiger partial charge in [0.1, 0.15) is 0 Å². The van der Waals surface area contributed by atoms with Crippen LogP contribution in [0.4, 0.5) is 5.69 Å². The lowest BCUT2D eigenvalue weighted by Crippen LogP contribution is -2.11. The van der Waals surface area contributed by atoms with Gasteiger partial charge in [-0.1, -0.05) is 19.3 Å². The quantitative estimate of drug-likeness (QED) is 0.678. The van der Waals surface area contributed by atoms with E-state index in [9.17, 15) is 20.0 Å². The summed E-state index contributed by atoms with van der Waals surface area (Å²) in [5.74, 6) is -1.21. The summed E-state index contributed by atoms with van der Waals surface area (Å²) in [6, 6.07) is 3.46. The average molecular weight is 289 g/mol. The summed E-state index contributed by atoms with van der Waals surface area (Å²) in [4.78, 5) is 22.3. The summed E-state index contributed by atoms with van der Waals surface area (Å²) >= 11 is 0. The van der Waals surface area contributed by atoms with Gasteiger partial charge in [-0.25, -0.2) is 0 Å². The Morgan fingerprint density at radius 2 is 1.86 bits per heavy atom. The van der Waals surface area contributed by atoms with Gasteiger partial charge in [0.2, 0.25) is 0 Å². The standard InChI is InChI=1S/C16H19NO4/c18-16(19)12-7-6-11-8-14(10-4-2-1-3-5-10)15(17(20)21)9-13(11)12/h8-10,12H,1-7H2,(H,18,19). The minimum absolute atomic E-state index is 0.119. The molecular weight excluding hydrogens is 270 g/mol. The summed E-state index contributed by atoms with van der Waals surface area (Å²) in [6.07, 6.45) is 6.72. The number of nitrogens with zero attached hydrogens (tertiary/aromatic N) is 1. The third-order valence-electron chi connectivity index (χ3n) is 4.91. The number of fused-ring (bicyclic) bond motifs is 1. The summed E-state index contributed by atoms with van der Waals surface area (Å²) in [7, 11) is 0. The Hall–Kier alpha value is -1.91. The number of aliphatic carboxylic acids is 1. The van der Waals surface area contributed by atoms with Crippen molar-refractivity contribution in [3.63, 3.8) is 0 Å². The van der Waals surface area contributed by atoms with Gasteiger partial charge in [-0.3, -0.25) is 14.9 Å². The highest BCUT2D eigenvalue weighted by Gasteiger charge is 2.33. The van der Waals surface area contributed by atoms with Crippen molar-refractivity contribution in [3.8, 4) is 0 Å². The molecule has 1 aromatic carbocycles. The molecule has 1 unspecified atom stereocenters. The normalized spacial score (nSPS) is 22.0. The Morgan fingerprint density at radius 1 is 1.14 bits per heavy atom. The Morgan fingerprint density at radius 3 is 2.48 bits per heavy atom. The molecular formula is C16H19NO4. The van der Waals surface area contributed by atoms with E-state index in [4.69, 9.17) is 0 Å². The van der Waals surface area contributed by atoms with Crippen molar-refractivity contribution in [2.75, 3.05) is 0 Å². The Bertz CT molecular complexity index is 590. The van der Waals surface area contributed by atoms with Gasteiger partial charge in [-0.15, -0.1) is 0 Å². The van der Waals surface area contributed by atoms with E-state index < -0.39 is 11.9 Å². The van der Waals surface area contributed by atoms with E-state index in [1.54, 1.807) is 0 Å². The summed E-state index contributed by atoms with van der Waals surface area (Å²) in [6.45, 7) is 0. The van der Waals surface area contributed by atoms with Crippen LogP contribution in [-0.4, -0.2) is 16.0 Å². The number of aryl methyl sites for hydroxylation is 1. The van der Waals surface area contributed by atoms with Gasteiger partial charge < -0.3 is 5.11 Å². The molecule has 3 rings (SSSR count). The average Bonchev–Trinajstić information content (AvgIpc) is 2.89. The van der Waals surface area contributed by atoms with Crippen molar-refractivity contribution in [2.24, 2.45) is 0 Å². The van der Waals surface area contributed by atoms with Crippen LogP contribution in [0.15, 0.2) is 12.1 Å². The molecule has 0 aromatic heterocycles. The first-order valence-corrected chi connectivity index (χ1v) is 7.62. The maximum Gasteiger partial charge on any atom is 0.310 e. The molecule has 21 heavy (non-hydrogen) atoms. The summed E-state index contributed by atoms with van der Waals surface area (Å²) in [5, 5.41) is 20.6. The molecule has 0 aliphatic heterocycles. The first-order chi connectivity index (χ1) is 10.1. The first-order valence-electron chi connectivity index (χ1n) is 7.62. The highest BCUT2D eigenvalue weighted by atomic mass is 16.6. The second kappa shape index (κ2) is 5.47. The van der Waals surface area contributed by atoms with Crippen molar-refractivity contribution in [1.82, 2.24) is 0 Å². The van der Waals surface area contributed by atoms with E-state index >= 15 is 0 Å². The van der Waals surface area contributed by atoms with Gasteiger partial charge in [0.05, 0.1) is 10.8 Å². The van der Waals surface area contributed by atoms with Crippen molar-refractivity contribution in [3.05, 3.63) is 38.9 Å². The molecule has 0 spiro atoms. The molecule has 112 valence electrons. The van der Waals surface area contributed by atoms with E-state index in [-0.39, 0.29) is 16.5 Å². The van der Waals surface area contributed by atoms with E-state index in [2.05, 4.69) is 0 Å². The molecule has 0 heterocycles. The maximum absolute atomic E-state index is 11.4. The first kappa shape index (κ1) is 14.0. The molecule has 0 radical (unpaired) electrons. The molecule has 1 N–H and O–H groups in total. The predicted molar refractivity (Wildman–Crippen MR) is 77.6 cm³/mol. The second-order valence-corrected chi connectivity index (χ2v) is 6.13. The van der Waals surface area contributed by atoms with Crippen molar-refractivity contribution >= 4 is 11.7 Å². The number of nitro groups is 1. The minimum atomic E-state index is -0.881. The van der Waals surface area contributed by atoms with Gasteiger partial charge in [-0.2, -0.15) is 0 Å². The second-order valence-electron chi connectivity index (χ2n) is 6.13. The van der Waals surface area contributed by atoms with Crippen LogP contribution >= 0.6 is 0 Å². The van der Waals surface area contributed by atoms with Crippen LogP contribution in [0.5, 0.6) is 0 Å². The van der Waals surface area contributed by atoms with Crippen LogP contribution in [0.25, 0.3) is 0 Å². The number of nitro benzene ring substituents is 1. The third kappa shape index (κ3) is 2.52. The van der Waals surface area contributed by atoms with E-state index in [1.165, 1.54) is 12.5 Å². The lowest BCUT2D eigenvalue weighted by atomic mass is 9.82. The molecule has 2 aliphatic rings. The highest BCUT2D eigenvalue weighted by Crippen LogP contribution is 2.43. The fourth-order valence-electron chi connectivity index (χ4n) is 3.82. The van der Waals surface area contributed by atoms with E-state index in [0.29, 0.717) is 18.4 Å². The Kier molecular flexibility index (Phi) is 3.66. The molecule has 1 saturated carbocycles. The number of rotatable bonds is 3. The van der Waals surface area contributed by atoms with Crippen LogP contribution in [0.1, 0.15) is 67.1 Å². The van der Waals surface area contributed by atoms with E-state index in [0.717, 1.165) is 36.8 Å². The zero-order valence-corrected chi connectivity index (χ0v) is 11.9. The Balaban J connectivity index is 2.05. The molecule has 1 atom stereocenters. The number of hydrogen-bond donors (Lipinski definition) is 1. The van der Waals surface area contributed by atoms with Crippen molar-refractivity contribution in [1.29, 1.82) is 0 Å². The number of carboxylic acid groups (broad SMARTS) is 1. The summed E-state index contributed by atoms with van der Waals surface area (Å²) in [5.41, 5.74) is 2.58. The Labute approximate surface area is 123 Å². The minimum Gasteiger partial charge on any atom is -0.481 e. The number of carbonyl (C=O) groups is 1. The van der Waals surface area contributed by atoms with Crippen LogP contribution in [0.3, 0.4) is 0 Å². The van der Waals surface area contributed by atoms with Gasteiger partial charge in [0.25, 0.3) is 5.69 Å². The van der Waals surface area contributed by atoms with Gasteiger partial charge in [0, 0.05) is 11.6 Å². The lowest BCUT2D eigenvalue weighted by Gasteiger charge is -2.22. The van der Waals surface area contributed by atoms with Gasteiger partial charge in [-0.05, 0) is 48.8 Å². The number of benzene rings is 1. The van der Waals surface area contributed by atoms with Crippen LogP contribution in [-0.2, 0) is 11.2 Å². The molecule has 2 aliphatic carbocycles. The van der Waals surface area contributed by atoms with E-state index in [1.807, 2.05) is 6.07 Å². The van der Waals surface area contributed by atoms with Gasteiger partial charge in [0.15, 0.2) is 0 Å².